The zero-order valence-electron chi connectivity index (χ0n) is 8.00. The van der Waals surface area contributed by atoms with Crippen LogP contribution in [0.2, 0.25) is 0 Å². The highest BCUT2D eigenvalue weighted by atomic mass is 16.2. The minimum Gasteiger partial charge on any atom is -0.358 e. The molecular weight excluding hydrogens is 184 g/mol. The highest BCUT2D eigenvalue weighted by molar-refractivity contribution is 5.81. The number of imidazole rings is 1. The minimum atomic E-state index is -0.363. The van der Waals surface area contributed by atoms with Crippen LogP contribution in [0.1, 0.15) is 5.69 Å². The molecule has 1 aromatic heterocycles. The van der Waals surface area contributed by atoms with Gasteiger partial charge >= 0.3 is 0 Å². The zero-order chi connectivity index (χ0) is 10.4. The van der Waals surface area contributed by atoms with Gasteiger partial charge in [0.05, 0.1) is 6.33 Å². The molecule has 7 N–H and O–H groups in total. The van der Waals surface area contributed by atoms with E-state index in [1.54, 1.807) is 19.6 Å². The molecule has 78 valence electrons. The van der Waals surface area contributed by atoms with Crippen LogP contribution < -0.4 is 22.1 Å². The number of carbonyl (C=O) groups excluding carboxylic acids is 1. The molecule has 0 aliphatic heterocycles. The Balaban J connectivity index is 2.55. The Morgan fingerprint density at radius 1 is 1.79 bits per heavy atom. The van der Waals surface area contributed by atoms with Gasteiger partial charge in [0, 0.05) is 25.4 Å². The monoisotopic (exact) mass is 199 g/mol. The van der Waals surface area contributed by atoms with Gasteiger partial charge in [-0.2, -0.15) is 5.43 Å². The fraction of sp³-hybridized carbons (Fsp3) is 0.429. The lowest BCUT2D eigenvalue weighted by Crippen LogP contribution is -2.73. The molecule has 1 atom stereocenters. The number of quaternary nitrogens is 1. The number of hydrogen-bond acceptors (Lipinski definition) is 4. The van der Waals surface area contributed by atoms with Gasteiger partial charge in [0.1, 0.15) is 6.04 Å². The summed E-state index contributed by atoms with van der Waals surface area (Å²) in [7, 11) is 1.59. The number of aromatic nitrogens is 2. The average molecular weight is 199 g/mol. The molecule has 0 bridgehead atoms. The summed E-state index contributed by atoms with van der Waals surface area (Å²) in [5, 5.41) is 2.56. The first-order valence-corrected chi connectivity index (χ1v) is 4.24. The first-order chi connectivity index (χ1) is 6.77. The SMILES string of the molecule is CNC(=O)C(Cc1cnc[nH]1)NN[NH3+]. The van der Waals surface area contributed by atoms with E-state index < -0.39 is 0 Å². The van der Waals surface area contributed by atoms with Gasteiger partial charge in [0.2, 0.25) is 5.91 Å². The van der Waals surface area contributed by atoms with Crippen molar-refractivity contribution in [3.8, 4) is 0 Å². The summed E-state index contributed by atoms with van der Waals surface area (Å²) in [6, 6.07) is -0.363. The summed E-state index contributed by atoms with van der Waals surface area (Å²) >= 11 is 0. The summed E-state index contributed by atoms with van der Waals surface area (Å²) < 4.78 is 0. The predicted octanol–water partition coefficient (Wildman–Crippen LogP) is -2.68. The van der Waals surface area contributed by atoms with Crippen LogP contribution in [-0.4, -0.2) is 29.0 Å². The van der Waals surface area contributed by atoms with E-state index in [1.165, 1.54) is 0 Å². The Kier molecular flexibility index (Phi) is 4.05. The van der Waals surface area contributed by atoms with E-state index in [1.807, 2.05) is 0 Å². The molecular formula is C7H15N6O+. The second-order valence-electron chi connectivity index (χ2n) is 2.77. The number of carbonyl (C=O) groups is 1. The molecule has 0 saturated heterocycles. The van der Waals surface area contributed by atoms with E-state index in [0.29, 0.717) is 6.42 Å². The molecule has 1 amide bonds. The highest BCUT2D eigenvalue weighted by Crippen LogP contribution is 1.97. The maximum Gasteiger partial charge on any atom is 0.238 e. The summed E-state index contributed by atoms with van der Waals surface area (Å²) in [6.45, 7) is 0. The highest BCUT2D eigenvalue weighted by Gasteiger charge is 2.17. The van der Waals surface area contributed by atoms with Crippen molar-refractivity contribution >= 4 is 5.91 Å². The van der Waals surface area contributed by atoms with Gasteiger partial charge in [-0.15, -0.1) is 5.53 Å². The van der Waals surface area contributed by atoms with Gasteiger partial charge in [0.15, 0.2) is 0 Å². The van der Waals surface area contributed by atoms with E-state index >= 15 is 0 Å². The molecule has 14 heavy (non-hydrogen) atoms. The van der Waals surface area contributed by atoms with Gasteiger partial charge in [-0.3, -0.25) is 10.6 Å². The third-order valence-electron chi connectivity index (χ3n) is 1.82. The molecule has 1 aromatic rings. The maximum atomic E-state index is 11.4. The van der Waals surface area contributed by atoms with Crippen LogP contribution in [0.3, 0.4) is 0 Å². The molecule has 0 saturated carbocycles. The van der Waals surface area contributed by atoms with Crippen LogP contribution in [0.25, 0.3) is 0 Å². The molecule has 0 radical (unpaired) electrons. The molecule has 0 aliphatic rings. The van der Waals surface area contributed by atoms with Gasteiger partial charge in [-0.05, 0) is 0 Å². The lowest BCUT2D eigenvalue weighted by Gasteiger charge is -2.13. The van der Waals surface area contributed by atoms with E-state index in [0.717, 1.165) is 5.69 Å². The number of hydrogen-bond donors (Lipinski definition) is 5. The molecule has 0 fully saturated rings. The number of likely N-dealkylation sites (N-methyl/N-ethyl adjacent to an activating group) is 1. The smallest absolute Gasteiger partial charge is 0.238 e. The van der Waals surface area contributed by atoms with Crippen molar-refractivity contribution in [1.82, 2.24) is 26.2 Å². The average Bonchev–Trinajstić information content (AvgIpc) is 2.68. The lowest BCUT2D eigenvalue weighted by atomic mass is 10.1. The number of amides is 1. The first kappa shape index (κ1) is 10.6. The van der Waals surface area contributed by atoms with Crippen LogP contribution in [0.15, 0.2) is 12.5 Å². The second-order valence-corrected chi connectivity index (χ2v) is 2.77. The molecule has 0 spiro atoms. The topological polar surface area (TPSA) is 109 Å². The van der Waals surface area contributed by atoms with Gasteiger partial charge in [-0.1, -0.05) is 0 Å². The van der Waals surface area contributed by atoms with Crippen LogP contribution in [-0.2, 0) is 11.2 Å². The summed E-state index contributed by atoms with van der Waals surface area (Å²) in [4.78, 5) is 18.1. The summed E-state index contributed by atoms with van der Waals surface area (Å²) in [5.41, 5.74) is 6.14. The maximum absolute atomic E-state index is 11.4. The quantitative estimate of drug-likeness (QED) is 0.333. The van der Waals surface area contributed by atoms with Gasteiger partial charge in [0.25, 0.3) is 0 Å². The number of nitrogens with zero attached hydrogens (tertiary/aromatic N) is 1. The second kappa shape index (κ2) is 5.32. The Bertz CT molecular complexity index is 272. The fourth-order valence-electron chi connectivity index (χ4n) is 1.12. The van der Waals surface area contributed by atoms with E-state index in [9.17, 15) is 4.79 Å². The molecule has 1 heterocycles. The number of hydrazine groups is 1. The molecule has 0 aromatic carbocycles. The minimum absolute atomic E-state index is 0.101. The Morgan fingerprint density at radius 3 is 3.07 bits per heavy atom. The third kappa shape index (κ3) is 2.80. The molecule has 7 nitrogen and oxygen atoms in total. The van der Waals surface area contributed by atoms with Crippen LogP contribution in [0.4, 0.5) is 0 Å². The fourth-order valence-corrected chi connectivity index (χ4v) is 1.12. The van der Waals surface area contributed by atoms with E-state index in [-0.39, 0.29) is 11.9 Å². The van der Waals surface area contributed by atoms with Crippen molar-refractivity contribution in [2.75, 3.05) is 7.05 Å². The normalized spacial score (nSPS) is 12.4. The van der Waals surface area contributed by atoms with Crippen molar-refractivity contribution in [2.45, 2.75) is 12.5 Å². The van der Waals surface area contributed by atoms with Crippen molar-refractivity contribution < 1.29 is 10.6 Å². The Labute approximate surface area is 81.4 Å². The first-order valence-electron chi connectivity index (χ1n) is 4.24. The van der Waals surface area contributed by atoms with Crippen molar-refractivity contribution in [2.24, 2.45) is 0 Å². The van der Waals surface area contributed by atoms with Crippen LogP contribution in [0, 0.1) is 0 Å². The number of H-pyrrole nitrogens is 1. The number of aromatic amines is 1. The van der Waals surface area contributed by atoms with Gasteiger partial charge < -0.3 is 10.3 Å². The lowest BCUT2D eigenvalue weighted by molar-refractivity contribution is -0.458. The van der Waals surface area contributed by atoms with Crippen molar-refractivity contribution in [3.05, 3.63) is 18.2 Å². The summed E-state index contributed by atoms with van der Waals surface area (Å²) in [6.07, 6.45) is 3.79. The largest absolute Gasteiger partial charge is 0.358 e. The van der Waals surface area contributed by atoms with E-state index in [4.69, 9.17) is 0 Å². The van der Waals surface area contributed by atoms with Gasteiger partial charge in [-0.25, -0.2) is 4.98 Å². The number of rotatable bonds is 5. The molecule has 1 unspecified atom stereocenters. The third-order valence-corrected chi connectivity index (χ3v) is 1.82. The molecule has 7 heteroatoms. The zero-order valence-corrected chi connectivity index (χ0v) is 8.00. The van der Waals surface area contributed by atoms with Crippen molar-refractivity contribution in [1.29, 1.82) is 0 Å². The standard InChI is InChI=1S/C7H14N6O/c1-9-7(14)6(12-13-8)2-5-3-10-4-11-5/h3-4,6,12-13H,2,8H2,1H3,(H,9,14)(H,10,11)/p+1. The van der Waals surface area contributed by atoms with Crippen LogP contribution >= 0.6 is 0 Å². The number of nitrogens with one attached hydrogen (secondary N) is 4. The van der Waals surface area contributed by atoms with Crippen molar-refractivity contribution in [3.63, 3.8) is 0 Å². The van der Waals surface area contributed by atoms with Crippen LogP contribution in [0.5, 0.6) is 0 Å². The molecule has 0 aliphatic carbocycles. The summed E-state index contributed by atoms with van der Waals surface area (Å²) in [5.74, 6) is 3.30. The molecule has 1 rings (SSSR count). The predicted molar refractivity (Wildman–Crippen MR) is 49.3 cm³/mol. The van der Waals surface area contributed by atoms with E-state index in [2.05, 4.69) is 32.1 Å². The Hall–Kier alpha value is -1.44. The Morgan fingerprint density at radius 2 is 2.57 bits per heavy atom.